The molecule has 66 heavy (non-hydrogen) atoms. The van der Waals surface area contributed by atoms with E-state index in [1.54, 1.807) is 24.3 Å². The van der Waals surface area contributed by atoms with Crippen molar-refractivity contribution in [2.45, 2.75) is 155 Å². The zero-order chi connectivity index (χ0) is 49.5. The minimum atomic E-state index is -0.659. The van der Waals surface area contributed by atoms with Gasteiger partial charge in [-0.1, -0.05) is 77.7 Å². The van der Waals surface area contributed by atoms with Crippen LogP contribution >= 0.6 is 0 Å². The van der Waals surface area contributed by atoms with Crippen LogP contribution < -0.4 is 0 Å². The van der Waals surface area contributed by atoms with Crippen molar-refractivity contribution in [1.29, 1.82) is 0 Å². The van der Waals surface area contributed by atoms with E-state index in [0.29, 0.717) is 75.8 Å². The van der Waals surface area contributed by atoms with E-state index in [1.165, 1.54) is 0 Å². The van der Waals surface area contributed by atoms with Gasteiger partial charge >= 0.3 is 23.9 Å². The van der Waals surface area contributed by atoms with Crippen molar-refractivity contribution in [3.05, 3.63) is 50.6 Å². The monoisotopic (exact) mass is 937 g/mol. The van der Waals surface area contributed by atoms with Crippen LogP contribution in [0.4, 0.5) is 0 Å². The van der Waals surface area contributed by atoms with Gasteiger partial charge in [0.1, 0.15) is 48.8 Å². The average Bonchev–Trinajstić information content (AvgIpc) is 3.77. The number of hydrogen-bond donors (Lipinski definition) is 0. The van der Waals surface area contributed by atoms with Crippen molar-refractivity contribution in [3.8, 4) is 0 Å². The van der Waals surface area contributed by atoms with Crippen molar-refractivity contribution in [2.75, 3.05) is 79.3 Å². The van der Waals surface area contributed by atoms with Crippen molar-refractivity contribution in [3.63, 3.8) is 0 Å². The average molecular weight is 937 g/mol. The van der Waals surface area contributed by atoms with E-state index in [9.17, 15) is 19.2 Å². The molecule has 14 nitrogen and oxygen atoms in total. The smallest absolute Gasteiger partial charge is 0.332 e. The van der Waals surface area contributed by atoms with E-state index in [4.69, 9.17) is 47.4 Å². The highest BCUT2D eigenvalue weighted by atomic mass is 16.6. The summed E-state index contributed by atoms with van der Waals surface area (Å²) in [6.07, 6.45) is 17.2. The van der Waals surface area contributed by atoms with Crippen molar-refractivity contribution in [1.82, 2.24) is 0 Å². The maximum absolute atomic E-state index is 12.2. The number of rotatable bonds is 36. The van der Waals surface area contributed by atoms with Crippen LogP contribution in [0.15, 0.2) is 50.6 Å². The molecule has 0 aromatic heterocycles. The van der Waals surface area contributed by atoms with E-state index in [1.807, 2.05) is 27.7 Å². The van der Waals surface area contributed by atoms with Gasteiger partial charge in [-0.05, 0) is 77.0 Å². The van der Waals surface area contributed by atoms with Crippen molar-refractivity contribution >= 4 is 23.9 Å². The molecule has 0 aliphatic heterocycles. The van der Waals surface area contributed by atoms with Gasteiger partial charge in [-0.25, -0.2) is 19.2 Å². The first-order valence-corrected chi connectivity index (χ1v) is 24.2. The molecule has 2 aliphatic rings. The lowest BCUT2D eigenvalue weighted by atomic mass is 9.92. The summed E-state index contributed by atoms with van der Waals surface area (Å²) in [4.78, 5) is 48.2. The summed E-state index contributed by atoms with van der Waals surface area (Å²) in [6, 6.07) is 0. The van der Waals surface area contributed by atoms with Crippen LogP contribution in [0.25, 0.3) is 0 Å². The van der Waals surface area contributed by atoms with E-state index < -0.39 is 23.1 Å². The standard InChI is InChI=1S/C28H50O7.C24H38O7/c1-7-21-15-27(5,16-22(21)8-2)34-25(29)19-32-13-11-31-12-14-33-20-26(30)35-28(6)17-23(9-3)24(10-4)18-28;1-7-11-23(5,12-8-2)30-21(25)19-28-17-15-27-16-18-29-20-22(26)31-24(6,13-9-3)14-10-4/h21-24H,7-20H2,1-6H3;7-10H,1-4,11-20H2,5-6H3. The van der Waals surface area contributed by atoms with Crippen LogP contribution in [0.2, 0.25) is 0 Å². The quantitative estimate of drug-likeness (QED) is 0.0253. The first-order chi connectivity index (χ1) is 31.4. The highest BCUT2D eigenvalue weighted by molar-refractivity contribution is 5.72. The summed E-state index contributed by atoms with van der Waals surface area (Å²) in [5.74, 6) is 0.987. The van der Waals surface area contributed by atoms with E-state index in [0.717, 1.165) is 51.4 Å². The van der Waals surface area contributed by atoms with Gasteiger partial charge in [-0.3, -0.25) is 0 Å². The normalized spacial score (nSPS) is 22.7. The molecule has 0 heterocycles. The second-order valence-electron chi connectivity index (χ2n) is 18.6. The molecular weight excluding hydrogens is 849 g/mol. The molecule has 0 amide bonds. The molecule has 0 bridgehead atoms. The highest BCUT2D eigenvalue weighted by Crippen LogP contribution is 2.45. The summed E-state index contributed by atoms with van der Waals surface area (Å²) in [7, 11) is 0. The van der Waals surface area contributed by atoms with Gasteiger partial charge in [-0.15, -0.1) is 26.3 Å². The maximum atomic E-state index is 12.2. The topological polar surface area (TPSA) is 161 Å². The molecular formula is C52H88O14. The molecule has 4 unspecified atom stereocenters. The van der Waals surface area contributed by atoms with Gasteiger partial charge in [0.05, 0.1) is 52.9 Å². The summed E-state index contributed by atoms with van der Waals surface area (Å²) >= 11 is 0. The number of carbonyl (C=O) groups is 4. The number of ether oxygens (including phenoxy) is 10. The molecule has 380 valence electrons. The molecule has 0 N–H and O–H groups in total. The van der Waals surface area contributed by atoms with Gasteiger partial charge in [0, 0.05) is 25.7 Å². The Morgan fingerprint density at radius 2 is 0.667 bits per heavy atom. The largest absolute Gasteiger partial charge is 0.458 e. The first-order valence-electron chi connectivity index (χ1n) is 24.2. The van der Waals surface area contributed by atoms with Gasteiger partial charge in [0.25, 0.3) is 0 Å². The lowest BCUT2D eigenvalue weighted by Crippen LogP contribution is -2.32. The van der Waals surface area contributed by atoms with Gasteiger partial charge in [0.2, 0.25) is 0 Å². The minimum absolute atomic E-state index is 0.0641. The van der Waals surface area contributed by atoms with E-state index in [2.05, 4.69) is 54.0 Å². The molecule has 4 atom stereocenters. The van der Waals surface area contributed by atoms with Crippen LogP contribution in [0.5, 0.6) is 0 Å². The molecule has 0 spiro atoms. The second kappa shape index (κ2) is 33.2. The van der Waals surface area contributed by atoms with Crippen LogP contribution in [0.1, 0.15) is 132 Å². The Balaban J connectivity index is 0.000000666. The van der Waals surface area contributed by atoms with Crippen molar-refractivity contribution in [2.24, 2.45) is 23.7 Å². The lowest BCUT2D eigenvalue weighted by molar-refractivity contribution is -0.165. The van der Waals surface area contributed by atoms with E-state index in [-0.39, 0.29) is 76.0 Å². The third kappa shape index (κ3) is 25.1. The minimum Gasteiger partial charge on any atom is -0.458 e. The summed E-state index contributed by atoms with van der Waals surface area (Å²) in [5.41, 5.74) is -2.07. The Bertz CT molecular complexity index is 1300. The van der Waals surface area contributed by atoms with Crippen LogP contribution in [-0.2, 0) is 66.5 Å². The summed E-state index contributed by atoms with van der Waals surface area (Å²) < 4.78 is 54.5. The molecule has 0 aromatic rings. The fourth-order valence-corrected chi connectivity index (χ4v) is 9.20. The zero-order valence-corrected chi connectivity index (χ0v) is 42.1. The Morgan fingerprint density at radius 3 is 0.894 bits per heavy atom. The molecule has 2 fully saturated rings. The number of hydrogen-bond acceptors (Lipinski definition) is 14. The maximum Gasteiger partial charge on any atom is 0.332 e. The third-order valence-corrected chi connectivity index (χ3v) is 12.3. The van der Waals surface area contributed by atoms with Crippen LogP contribution in [-0.4, -0.2) is 126 Å². The Morgan fingerprint density at radius 1 is 0.439 bits per heavy atom. The third-order valence-electron chi connectivity index (χ3n) is 12.3. The Labute approximate surface area is 397 Å². The fourth-order valence-electron chi connectivity index (χ4n) is 9.20. The van der Waals surface area contributed by atoms with Crippen LogP contribution in [0, 0.1) is 23.7 Å². The second-order valence-corrected chi connectivity index (χ2v) is 18.6. The van der Waals surface area contributed by atoms with Gasteiger partial charge in [-0.2, -0.15) is 0 Å². The summed E-state index contributed by atoms with van der Waals surface area (Å²) in [6.45, 7) is 33.2. The molecule has 2 aliphatic carbocycles. The fraction of sp³-hybridized carbons (Fsp3) is 0.769. The predicted molar refractivity (Wildman–Crippen MR) is 256 cm³/mol. The van der Waals surface area contributed by atoms with E-state index >= 15 is 0 Å². The number of esters is 4. The van der Waals surface area contributed by atoms with Crippen LogP contribution in [0.3, 0.4) is 0 Å². The SMILES string of the molecule is C=CCC(C)(CC=C)OC(=O)COCCOCCOCC(=O)OC(C)(CC=C)CC=C.CCC1CC(C)(OC(=O)COCCOCCOCC(=O)OC2(C)CC(CC)C(CC)C2)CC1CC. The lowest BCUT2D eigenvalue weighted by Gasteiger charge is -2.27. The molecule has 2 saturated carbocycles. The zero-order valence-electron chi connectivity index (χ0n) is 42.1. The number of carbonyl (C=O) groups excluding carboxylic acids is 4. The Hall–Kier alpha value is -3.40. The highest BCUT2D eigenvalue weighted by Gasteiger charge is 2.44. The van der Waals surface area contributed by atoms with Gasteiger partial charge in [0.15, 0.2) is 0 Å². The first kappa shape index (κ1) is 60.6. The van der Waals surface area contributed by atoms with Crippen molar-refractivity contribution < 1.29 is 66.5 Å². The molecule has 0 radical (unpaired) electrons. The molecule has 0 saturated heterocycles. The predicted octanol–water partition coefficient (Wildman–Crippen LogP) is 9.28. The van der Waals surface area contributed by atoms with Gasteiger partial charge < -0.3 is 47.4 Å². The Kier molecular flexibility index (Phi) is 30.5. The molecule has 14 heteroatoms. The molecule has 2 rings (SSSR count). The molecule has 0 aromatic carbocycles. The summed E-state index contributed by atoms with van der Waals surface area (Å²) in [5, 5.41) is 0.